The molecule has 0 saturated heterocycles. The van der Waals surface area contributed by atoms with E-state index in [0.29, 0.717) is 39.4 Å². The Morgan fingerprint density at radius 3 is 1.51 bits per heavy atom. The van der Waals surface area contributed by atoms with Crippen LogP contribution in [0.3, 0.4) is 0 Å². The van der Waals surface area contributed by atoms with E-state index >= 15 is 0 Å². The lowest BCUT2D eigenvalue weighted by molar-refractivity contribution is -0.142. The van der Waals surface area contributed by atoms with E-state index < -0.39 is 18.0 Å². The van der Waals surface area contributed by atoms with E-state index in [1.807, 2.05) is 6.92 Å². The molecule has 0 bridgehead atoms. The molecule has 14 heteroatoms. The Balaban J connectivity index is 3.69. The molecule has 0 aliphatic carbocycles. The Morgan fingerprint density at radius 2 is 1.00 bits per heavy atom. The zero-order chi connectivity index (χ0) is 34.8. The van der Waals surface area contributed by atoms with Gasteiger partial charge in [-0.15, -0.1) is 0 Å². The summed E-state index contributed by atoms with van der Waals surface area (Å²) in [7, 11) is 0. The quantitative estimate of drug-likeness (QED) is 0.0618. The van der Waals surface area contributed by atoms with Crippen LogP contribution in [0.15, 0.2) is 0 Å². The van der Waals surface area contributed by atoms with E-state index in [1.165, 1.54) is 19.3 Å². The summed E-state index contributed by atoms with van der Waals surface area (Å²) in [4.78, 5) is 58.0. The maximum atomic E-state index is 12.2. The summed E-state index contributed by atoms with van der Waals surface area (Å²) in [5, 5.41) is 25.9. The average molecular weight is 676 g/mol. The van der Waals surface area contributed by atoms with E-state index in [9.17, 15) is 29.1 Å². The largest absolute Gasteiger partial charge is 0.481 e. The number of carboxylic acid groups (broad SMARTS) is 2. The fraction of sp³-hybridized carbons (Fsp3) is 0.848. The van der Waals surface area contributed by atoms with Gasteiger partial charge >= 0.3 is 11.9 Å². The van der Waals surface area contributed by atoms with Crippen LogP contribution < -0.4 is 16.0 Å². The predicted molar refractivity (Wildman–Crippen MR) is 176 cm³/mol. The van der Waals surface area contributed by atoms with E-state index in [-0.39, 0.29) is 76.4 Å². The van der Waals surface area contributed by atoms with Gasteiger partial charge in [-0.3, -0.25) is 19.2 Å². The second-order valence-electron chi connectivity index (χ2n) is 11.3. The molecule has 0 fully saturated rings. The minimum absolute atomic E-state index is 0.00853. The molecule has 14 nitrogen and oxygen atoms in total. The molecule has 1 atom stereocenters. The zero-order valence-corrected chi connectivity index (χ0v) is 28.5. The number of nitrogens with one attached hydrogen (secondary N) is 3. The first-order valence-electron chi connectivity index (χ1n) is 17.3. The first-order chi connectivity index (χ1) is 22.8. The molecular formula is C33H61N3O11. The minimum Gasteiger partial charge on any atom is -0.481 e. The van der Waals surface area contributed by atoms with Crippen LogP contribution in [-0.4, -0.2) is 112 Å². The maximum absolute atomic E-state index is 12.2. The fourth-order valence-corrected chi connectivity index (χ4v) is 4.54. The van der Waals surface area contributed by atoms with Crippen LogP contribution in [0.25, 0.3) is 0 Å². The Bertz CT molecular complexity index is 830. The summed E-state index contributed by atoms with van der Waals surface area (Å²) in [5.41, 5.74) is 0. The highest BCUT2D eigenvalue weighted by Crippen LogP contribution is 2.13. The van der Waals surface area contributed by atoms with Gasteiger partial charge in [0.05, 0.1) is 39.6 Å². The maximum Gasteiger partial charge on any atom is 0.326 e. The molecule has 0 radical (unpaired) electrons. The second kappa shape index (κ2) is 33.1. The van der Waals surface area contributed by atoms with Crippen molar-refractivity contribution in [2.75, 3.05) is 65.9 Å². The SMILES string of the molecule is CCOCCOCCNC(=O)COCCOCCNC(=O)CC[C@H](NC(=O)CCCCCCCCCCCCCCC(=O)O)C(=O)O. The number of carbonyl (C=O) groups excluding carboxylic acids is 3. The number of carbonyl (C=O) groups is 5. The Hall–Kier alpha value is -2.81. The van der Waals surface area contributed by atoms with Crippen LogP contribution in [-0.2, 0) is 42.9 Å². The summed E-state index contributed by atoms with van der Waals surface area (Å²) in [5.74, 6) is -2.80. The van der Waals surface area contributed by atoms with Gasteiger partial charge in [0.1, 0.15) is 12.6 Å². The van der Waals surface area contributed by atoms with Gasteiger partial charge in [-0.05, 0) is 26.2 Å². The number of amides is 3. The van der Waals surface area contributed by atoms with E-state index in [4.69, 9.17) is 24.1 Å². The van der Waals surface area contributed by atoms with E-state index in [0.717, 1.165) is 51.4 Å². The topological polar surface area (TPSA) is 199 Å². The summed E-state index contributed by atoms with van der Waals surface area (Å²) in [6, 6.07) is -1.12. The highest BCUT2D eigenvalue weighted by Gasteiger charge is 2.20. The van der Waals surface area contributed by atoms with Gasteiger partial charge in [0, 0.05) is 39.0 Å². The summed E-state index contributed by atoms with van der Waals surface area (Å²) in [6.45, 7) is 5.16. The molecule has 0 aromatic rings. The highest BCUT2D eigenvalue weighted by molar-refractivity contribution is 5.84. The molecule has 3 amide bonds. The molecule has 0 unspecified atom stereocenters. The number of hydrogen-bond donors (Lipinski definition) is 5. The van der Waals surface area contributed by atoms with Crippen molar-refractivity contribution in [1.29, 1.82) is 0 Å². The van der Waals surface area contributed by atoms with Gasteiger partial charge < -0.3 is 45.1 Å². The van der Waals surface area contributed by atoms with Gasteiger partial charge in [0.25, 0.3) is 0 Å². The molecule has 0 saturated carbocycles. The van der Waals surface area contributed by atoms with Gasteiger partial charge in [0.15, 0.2) is 0 Å². The molecule has 5 N–H and O–H groups in total. The van der Waals surface area contributed by atoms with Crippen molar-refractivity contribution in [3.05, 3.63) is 0 Å². The van der Waals surface area contributed by atoms with E-state index in [1.54, 1.807) is 0 Å². The Labute approximate surface area is 280 Å². The van der Waals surface area contributed by atoms with Gasteiger partial charge in [0.2, 0.25) is 17.7 Å². The number of aliphatic carboxylic acids is 2. The van der Waals surface area contributed by atoms with Gasteiger partial charge in [-0.1, -0.05) is 64.2 Å². The van der Waals surface area contributed by atoms with Crippen molar-refractivity contribution >= 4 is 29.7 Å². The monoisotopic (exact) mass is 675 g/mol. The Morgan fingerprint density at radius 1 is 0.532 bits per heavy atom. The van der Waals surface area contributed by atoms with Crippen LogP contribution in [0.5, 0.6) is 0 Å². The van der Waals surface area contributed by atoms with Gasteiger partial charge in [-0.2, -0.15) is 0 Å². The number of unbranched alkanes of at least 4 members (excludes halogenated alkanes) is 11. The first kappa shape index (κ1) is 44.2. The fourth-order valence-electron chi connectivity index (χ4n) is 4.54. The van der Waals surface area contributed by atoms with Crippen LogP contribution in [0.1, 0.15) is 110 Å². The third-order valence-electron chi connectivity index (χ3n) is 7.16. The zero-order valence-electron chi connectivity index (χ0n) is 28.5. The van der Waals surface area contributed by atoms with Crippen molar-refractivity contribution in [1.82, 2.24) is 16.0 Å². The van der Waals surface area contributed by atoms with Crippen molar-refractivity contribution in [3.8, 4) is 0 Å². The molecule has 0 spiro atoms. The summed E-state index contributed by atoms with van der Waals surface area (Å²) in [6.07, 6.45) is 12.9. The van der Waals surface area contributed by atoms with Gasteiger partial charge in [-0.25, -0.2) is 4.79 Å². The summed E-state index contributed by atoms with van der Waals surface area (Å²) < 4.78 is 21.0. The standard InChI is InChI=1S/C33H61N3O11/c1-2-44-23-24-45-22-20-35-31(39)27-47-26-25-46-21-19-34-29(37)18-17-28(33(42)43)36-30(38)15-13-11-9-7-5-3-4-6-8-10-12-14-16-32(40)41/h28H,2-27H2,1H3,(H,34,37)(H,35,39)(H,36,38)(H,40,41)(H,42,43)/t28-/m0/s1. The van der Waals surface area contributed by atoms with Crippen LogP contribution >= 0.6 is 0 Å². The van der Waals surface area contributed by atoms with Crippen molar-refractivity contribution in [2.45, 2.75) is 116 Å². The lowest BCUT2D eigenvalue weighted by Crippen LogP contribution is -2.41. The molecule has 0 aliphatic rings. The molecule has 0 rings (SSSR count). The molecule has 0 aliphatic heterocycles. The number of rotatable bonds is 35. The third-order valence-corrected chi connectivity index (χ3v) is 7.16. The molecular weight excluding hydrogens is 614 g/mol. The van der Waals surface area contributed by atoms with E-state index in [2.05, 4.69) is 16.0 Å². The van der Waals surface area contributed by atoms with Crippen LogP contribution in [0.2, 0.25) is 0 Å². The average Bonchev–Trinajstić information content (AvgIpc) is 3.03. The smallest absolute Gasteiger partial charge is 0.326 e. The first-order valence-corrected chi connectivity index (χ1v) is 17.3. The predicted octanol–water partition coefficient (Wildman–Crippen LogP) is 3.20. The normalized spacial score (nSPS) is 11.6. The molecule has 0 aromatic carbocycles. The Kier molecular flexibility index (Phi) is 31.1. The molecule has 0 aromatic heterocycles. The lowest BCUT2D eigenvalue weighted by Gasteiger charge is -2.14. The lowest BCUT2D eigenvalue weighted by atomic mass is 10.0. The third kappa shape index (κ3) is 32.9. The molecule has 47 heavy (non-hydrogen) atoms. The van der Waals surface area contributed by atoms with Crippen molar-refractivity contribution in [3.63, 3.8) is 0 Å². The van der Waals surface area contributed by atoms with Crippen molar-refractivity contribution < 1.29 is 53.1 Å². The number of hydrogen-bond acceptors (Lipinski definition) is 9. The summed E-state index contributed by atoms with van der Waals surface area (Å²) >= 11 is 0. The highest BCUT2D eigenvalue weighted by atomic mass is 16.5. The molecule has 0 heterocycles. The van der Waals surface area contributed by atoms with Crippen LogP contribution in [0, 0.1) is 0 Å². The number of ether oxygens (including phenoxy) is 4. The number of carboxylic acids is 2. The van der Waals surface area contributed by atoms with Crippen LogP contribution in [0.4, 0.5) is 0 Å². The van der Waals surface area contributed by atoms with Crippen molar-refractivity contribution in [2.24, 2.45) is 0 Å². The minimum atomic E-state index is -1.17. The molecule has 274 valence electrons. The second-order valence-corrected chi connectivity index (χ2v) is 11.3.